The van der Waals surface area contributed by atoms with E-state index in [4.69, 9.17) is 19.4 Å². The van der Waals surface area contributed by atoms with Gasteiger partial charge in [0.2, 0.25) is 0 Å². The molecule has 82 heavy (non-hydrogen) atoms. The second-order valence-corrected chi connectivity index (χ2v) is 26.0. The van der Waals surface area contributed by atoms with Gasteiger partial charge in [-0.25, -0.2) is 9.59 Å². The smallest absolute Gasteiger partial charge is 0.427 e. The molecule has 6 aliphatic rings. The molecule has 8 N–H and O–H groups in total. The van der Waals surface area contributed by atoms with E-state index in [1.807, 2.05) is 110 Å². The standard InChI is InChI=1S/C33H47BN4O4.C23H33BN4O4.C4H11BO2.CH4/c1-31(2,3)19-23(20-35)29(39)38-15-11-10-14-25(38)21-36-30(40)37-28(16-22-12-8-7-9-13-22)34-41-27-18-24-17-26(32(24,4)5)33(27,6)42-34;1-23(2,3)14-18(15-25)21(29)28-12-8-7-11-19(28)16-26-22(30)27-20(24(31)32)13-17-9-5-4-6-10-17;1-4(2)3-5(6)7;/h7-9,12-13,19,24-28H,10-11,14-18,21H2,1-6H3,(H2,36,37,40);4-6,9-10,14,19-20,31-32H,7-8,11-13,16H2,1-3H3,(H2,26,27,30);4,6-7H,3H2,1-2H3;1H4/t24-,25-,26-,27+,28-,33-;19-,20-;;/m00../s1. The Balaban J connectivity index is 0.000000321. The van der Waals surface area contributed by atoms with Gasteiger partial charge in [-0.3, -0.25) is 9.59 Å². The molecule has 0 aromatic heterocycles. The van der Waals surface area contributed by atoms with E-state index in [0.29, 0.717) is 50.1 Å². The zero-order chi connectivity index (χ0) is 59.9. The van der Waals surface area contributed by atoms with Crippen LogP contribution in [0, 0.1) is 56.7 Å². The van der Waals surface area contributed by atoms with Crippen molar-refractivity contribution in [2.45, 2.75) is 190 Å². The highest BCUT2D eigenvalue weighted by molar-refractivity contribution is 6.48. The monoisotopic (exact) mass is 1130 g/mol. The quantitative estimate of drug-likeness (QED) is 0.0459. The predicted octanol–water partition coefficient (Wildman–Crippen LogP) is 7.58. The van der Waals surface area contributed by atoms with Crippen molar-refractivity contribution >= 4 is 45.2 Å². The summed E-state index contributed by atoms with van der Waals surface area (Å²) >= 11 is 0. The fourth-order valence-corrected chi connectivity index (χ4v) is 12.0. The average Bonchev–Trinajstić information content (AvgIpc) is 3.96. The number of nitriles is 2. The summed E-state index contributed by atoms with van der Waals surface area (Å²) in [4.78, 5) is 55.5. The van der Waals surface area contributed by atoms with E-state index < -0.39 is 33.3 Å². The number of nitrogens with one attached hydrogen (secondary N) is 4. The van der Waals surface area contributed by atoms with Crippen LogP contribution in [0.15, 0.2) is 84.0 Å². The van der Waals surface area contributed by atoms with E-state index >= 15 is 0 Å². The molecule has 18 nitrogen and oxygen atoms in total. The number of allylic oxidation sites excluding steroid dienone is 2. The summed E-state index contributed by atoms with van der Waals surface area (Å²) < 4.78 is 13.3. The van der Waals surface area contributed by atoms with Crippen molar-refractivity contribution in [1.82, 2.24) is 31.1 Å². The van der Waals surface area contributed by atoms with Crippen LogP contribution in [0.1, 0.15) is 146 Å². The molecule has 2 bridgehead atoms. The maximum atomic E-state index is 13.4. The molecule has 6 amide bonds. The first kappa shape index (κ1) is 68.8. The molecule has 21 heteroatoms. The Morgan fingerprint density at radius 3 is 1.60 bits per heavy atom. The molecule has 8 atom stereocenters. The number of piperidine rings is 2. The fraction of sp³-hybridized carbons (Fsp3) is 0.639. The Kier molecular flexibility index (Phi) is 25.8. The number of nitrogens with zero attached hydrogens (tertiary/aromatic N) is 4. The van der Waals surface area contributed by atoms with Crippen LogP contribution in [0.3, 0.4) is 0 Å². The molecule has 3 saturated heterocycles. The van der Waals surface area contributed by atoms with Crippen molar-refractivity contribution in [1.29, 1.82) is 10.5 Å². The lowest BCUT2D eigenvalue weighted by molar-refractivity contribution is -0.199. The van der Waals surface area contributed by atoms with E-state index in [1.54, 1.807) is 22.0 Å². The first-order valence-electron chi connectivity index (χ1n) is 29.1. The van der Waals surface area contributed by atoms with Gasteiger partial charge in [0.25, 0.3) is 11.8 Å². The summed E-state index contributed by atoms with van der Waals surface area (Å²) in [6.07, 6.45) is 12.0. The van der Waals surface area contributed by atoms with Crippen LogP contribution in [0.4, 0.5) is 9.59 Å². The van der Waals surface area contributed by atoms with Crippen LogP contribution in [0.2, 0.25) is 6.32 Å². The molecule has 2 aromatic carbocycles. The van der Waals surface area contributed by atoms with Gasteiger partial charge in [-0.05, 0) is 123 Å². The zero-order valence-corrected chi connectivity index (χ0v) is 49.9. The third-order valence-corrected chi connectivity index (χ3v) is 16.2. The Hall–Kier alpha value is -5.67. The van der Waals surface area contributed by atoms with Crippen LogP contribution in [-0.4, -0.2) is 137 Å². The molecule has 8 rings (SSSR count). The van der Waals surface area contributed by atoms with Crippen LogP contribution >= 0.6 is 0 Å². The molecule has 3 saturated carbocycles. The molecule has 3 aliphatic carbocycles. The minimum atomic E-state index is -1.71. The van der Waals surface area contributed by atoms with Gasteiger partial charge in [-0.15, -0.1) is 0 Å². The fourth-order valence-electron chi connectivity index (χ4n) is 12.0. The van der Waals surface area contributed by atoms with E-state index in [-0.39, 0.29) is 95.4 Å². The lowest BCUT2D eigenvalue weighted by atomic mass is 9.43. The van der Waals surface area contributed by atoms with Crippen molar-refractivity contribution in [3.05, 3.63) is 95.1 Å². The van der Waals surface area contributed by atoms with Crippen molar-refractivity contribution in [2.75, 3.05) is 26.2 Å². The van der Waals surface area contributed by atoms with Gasteiger partial charge in [-0.2, -0.15) is 10.5 Å². The SMILES string of the molecule is C.CC(C)(C)C=C(C#N)C(=O)N1CCCC[C@H]1CNC(=O)N[C@@H](Cc1ccccc1)B(O)O.CC(C)(C)C=C(C#N)C(=O)N1CCCC[C@H]1CNC(=O)N[C@@H](Cc1ccccc1)B1O[C@@H]2C[C@@H]3C[C@@H](C3(C)C)[C@]2(C)O1.CC(C)CB(O)O. The number of carbonyl (C=O) groups excluding carboxylic acids is 4. The summed E-state index contributed by atoms with van der Waals surface area (Å²) in [7, 11) is -3.39. The Morgan fingerprint density at radius 1 is 0.732 bits per heavy atom. The van der Waals surface area contributed by atoms with Crippen LogP contribution in [0.25, 0.3) is 0 Å². The highest BCUT2D eigenvalue weighted by atomic mass is 16.7. The van der Waals surface area contributed by atoms with Gasteiger partial charge in [0.05, 0.1) is 23.6 Å². The van der Waals surface area contributed by atoms with E-state index in [2.05, 4.69) is 60.2 Å². The Labute approximate surface area is 490 Å². The number of hydrogen-bond donors (Lipinski definition) is 8. The van der Waals surface area contributed by atoms with Gasteiger partial charge in [0.1, 0.15) is 23.3 Å². The van der Waals surface area contributed by atoms with Crippen molar-refractivity contribution in [3.8, 4) is 12.1 Å². The number of urea groups is 2. The van der Waals surface area contributed by atoms with Crippen molar-refractivity contribution in [3.63, 3.8) is 0 Å². The third kappa shape index (κ3) is 20.0. The van der Waals surface area contributed by atoms with Crippen molar-refractivity contribution in [2.24, 2.45) is 34.0 Å². The lowest BCUT2D eigenvalue weighted by Crippen LogP contribution is -2.65. The highest BCUT2D eigenvalue weighted by Crippen LogP contribution is 2.65. The van der Waals surface area contributed by atoms with E-state index in [9.17, 15) is 39.7 Å². The minimum Gasteiger partial charge on any atom is -0.427 e. The molecule has 3 heterocycles. The maximum absolute atomic E-state index is 13.4. The van der Waals surface area contributed by atoms with Gasteiger partial charge >= 0.3 is 33.4 Å². The first-order chi connectivity index (χ1) is 38.0. The topological polar surface area (TPSA) is 270 Å². The summed E-state index contributed by atoms with van der Waals surface area (Å²) in [6.45, 7) is 24.1. The van der Waals surface area contributed by atoms with Crippen molar-refractivity contribution < 1.29 is 48.6 Å². The molecule has 2 aromatic rings. The molecule has 6 fully saturated rings. The molecular formula is C61H95B3N8O10. The summed E-state index contributed by atoms with van der Waals surface area (Å²) in [5.74, 6) is -0.369. The van der Waals surface area contributed by atoms with Crippen LogP contribution in [-0.2, 0) is 31.7 Å². The number of hydrogen-bond acceptors (Lipinski definition) is 12. The molecule has 0 radical (unpaired) electrons. The normalized spacial score (nSPS) is 23.6. The Bertz CT molecular complexity index is 2540. The van der Waals surface area contributed by atoms with Gasteiger partial charge in [-0.1, -0.05) is 149 Å². The van der Waals surface area contributed by atoms with E-state index in [1.165, 1.54) is 6.42 Å². The summed E-state index contributed by atoms with van der Waals surface area (Å²) in [5.41, 5.74) is 1.52. The molecule has 3 aliphatic heterocycles. The second kappa shape index (κ2) is 30.8. The summed E-state index contributed by atoms with van der Waals surface area (Å²) in [5, 5.41) is 66.6. The number of likely N-dealkylation sites (tertiary alicyclic amines) is 2. The first-order valence-corrected chi connectivity index (χ1v) is 29.1. The maximum Gasteiger partial charge on any atom is 0.482 e. The van der Waals surface area contributed by atoms with E-state index in [0.717, 1.165) is 56.1 Å². The molecular weight excluding hydrogens is 1040 g/mol. The number of amides is 6. The second-order valence-electron chi connectivity index (χ2n) is 26.0. The molecule has 448 valence electrons. The average molecular weight is 1130 g/mol. The predicted molar refractivity (Wildman–Crippen MR) is 323 cm³/mol. The number of rotatable bonds is 16. The highest BCUT2D eigenvalue weighted by Gasteiger charge is 2.68. The summed E-state index contributed by atoms with van der Waals surface area (Å²) in [6, 6.07) is 22.2. The van der Waals surface area contributed by atoms with Gasteiger partial charge in [0.15, 0.2) is 0 Å². The Morgan fingerprint density at radius 2 is 1.20 bits per heavy atom. The zero-order valence-electron chi connectivity index (χ0n) is 49.9. The minimum absolute atomic E-state index is 0. The van der Waals surface area contributed by atoms with Crippen LogP contribution < -0.4 is 21.3 Å². The third-order valence-electron chi connectivity index (χ3n) is 16.2. The molecule has 0 unspecified atom stereocenters. The number of carbonyl (C=O) groups is 4. The molecule has 0 spiro atoms. The lowest BCUT2D eigenvalue weighted by Gasteiger charge is -2.64. The number of benzene rings is 2. The largest absolute Gasteiger partial charge is 0.482 e. The van der Waals surface area contributed by atoms with Gasteiger partial charge < -0.3 is 60.5 Å². The van der Waals surface area contributed by atoms with Crippen LogP contribution in [0.5, 0.6) is 0 Å². The van der Waals surface area contributed by atoms with Gasteiger partial charge in [0, 0.05) is 38.3 Å².